The van der Waals surface area contributed by atoms with Crippen LogP contribution >= 0.6 is 0 Å². The fourth-order valence-corrected chi connectivity index (χ4v) is 1.57. The quantitative estimate of drug-likeness (QED) is 0.556. The van der Waals surface area contributed by atoms with Crippen molar-refractivity contribution in [3.05, 3.63) is 42.0 Å². The average Bonchev–Trinajstić information content (AvgIpc) is 2.76. The molecule has 0 aromatic heterocycles. The maximum absolute atomic E-state index is 11.9. The summed E-state index contributed by atoms with van der Waals surface area (Å²) in [5.74, 6) is 0.151. The van der Waals surface area contributed by atoms with Gasteiger partial charge in [-0.1, -0.05) is 54.5 Å². The van der Waals surface area contributed by atoms with E-state index < -0.39 is 6.10 Å². The van der Waals surface area contributed by atoms with Crippen LogP contribution in [0, 0.1) is 11.3 Å². The lowest BCUT2D eigenvalue weighted by Gasteiger charge is -2.13. The van der Waals surface area contributed by atoms with Crippen molar-refractivity contribution >= 4 is 5.91 Å². The Morgan fingerprint density at radius 1 is 1.24 bits per heavy atom. The minimum Gasteiger partial charge on any atom is -0.490 e. The number of allylic oxidation sites excluding steroid dienone is 1. The average molecular weight is 409 g/mol. The molecule has 0 heterocycles. The third-order valence-electron chi connectivity index (χ3n) is 2.69. The summed E-state index contributed by atoms with van der Waals surface area (Å²) >= 11 is 0. The number of nitriles is 1. The lowest BCUT2D eigenvalue weighted by molar-refractivity contribution is 0.0914. The first-order valence-electron chi connectivity index (χ1n) is 10.6. The second kappa shape index (κ2) is 25.7. The first kappa shape index (κ1) is 34.2. The highest BCUT2D eigenvalue weighted by molar-refractivity contribution is 5.94. The predicted molar refractivity (Wildman–Crippen MR) is 125 cm³/mol. The van der Waals surface area contributed by atoms with Crippen molar-refractivity contribution < 1.29 is 14.6 Å². The van der Waals surface area contributed by atoms with Gasteiger partial charge in [-0.3, -0.25) is 4.79 Å². The Morgan fingerprint density at radius 2 is 1.72 bits per heavy atom. The van der Waals surface area contributed by atoms with Crippen LogP contribution in [0.25, 0.3) is 0 Å². The number of hydrogen-bond donors (Lipinski definition) is 2. The van der Waals surface area contributed by atoms with E-state index in [-0.39, 0.29) is 18.6 Å². The molecule has 0 bridgehead atoms. The van der Waals surface area contributed by atoms with E-state index in [1.807, 2.05) is 75.3 Å². The van der Waals surface area contributed by atoms with Gasteiger partial charge in [0.2, 0.25) is 0 Å². The van der Waals surface area contributed by atoms with E-state index in [0.29, 0.717) is 23.3 Å². The number of rotatable bonds is 6. The number of aliphatic hydroxyl groups is 1. The largest absolute Gasteiger partial charge is 0.490 e. The van der Waals surface area contributed by atoms with Gasteiger partial charge in [0.25, 0.3) is 5.91 Å². The summed E-state index contributed by atoms with van der Waals surface area (Å²) in [5, 5.41) is 21.1. The van der Waals surface area contributed by atoms with Gasteiger partial charge in [-0.15, -0.1) is 6.58 Å². The van der Waals surface area contributed by atoms with E-state index in [1.165, 1.54) is 6.07 Å². The molecular formula is C24H44N2O3. The van der Waals surface area contributed by atoms with Crippen LogP contribution in [0.1, 0.15) is 91.6 Å². The molecule has 1 rings (SSSR count). The van der Waals surface area contributed by atoms with Gasteiger partial charge in [0.1, 0.15) is 11.8 Å². The predicted octanol–water partition coefficient (Wildman–Crippen LogP) is 6.12. The number of benzene rings is 1. The molecule has 1 unspecified atom stereocenters. The molecule has 1 aromatic rings. The van der Waals surface area contributed by atoms with Crippen molar-refractivity contribution in [2.75, 3.05) is 6.54 Å². The molecule has 0 aliphatic carbocycles. The summed E-state index contributed by atoms with van der Waals surface area (Å²) in [5.41, 5.74) is 0.698. The molecule has 0 fully saturated rings. The summed E-state index contributed by atoms with van der Waals surface area (Å²) in [6, 6.07) is 6.73. The molecule has 168 valence electrons. The third kappa shape index (κ3) is 18.8. The number of amides is 1. The molecule has 0 aliphatic rings. The van der Waals surface area contributed by atoms with E-state index in [1.54, 1.807) is 18.2 Å². The van der Waals surface area contributed by atoms with Gasteiger partial charge in [0, 0.05) is 12.1 Å². The fourth-order valence-electron chi connectivity index (χ4n) is 1.57. The van der Waals surface area contributed by atoms with Crippen molar-refractivity contribution in [2.24, 2.45) is 0 Å². The molecule has 2 N–H and O–H groups in total. The Morgan fingerprint density at radius 3 is 2.10 bits per heavy atom. The van der Waals surface area contributed by atoms with Gasteiger partial charge >= 0.3 is 0 Å². The lowest BCUT2D eigenvalue weighted by atomic mass is 10.1. The molecule has 1 atom stereocenters. The summed E-state index contributed by atoms with van der Waals surface area (Å²) in [7, 11) is 0. The SMILES string of the molecule is C=CC.CC.CC.CC.CCC(O)CNC(=O)c1ccc(OC(C)C)c(C#N)c1. The molecule has 0 aliphatic heterocycles. The maximum Gasteiger partial charge on any atom is 0.251 e. The number of carbonyl (C=O) groups excluding carboxylic acids is 1. The van der Waals surface area contributed by atoms with Crippen molar-refractivity contribution in [2.45, 2.75) is 87.9 Å². The van der Waals surface area contributed by atoms with Crippen LogP contribution in [-0.4, -0.2) is 29.8 Å². The first-order valence-corrected chi connectivity index (χ1v) is 10.6. The molecule has 1 amide bonds. The van der Waals surface area contributed by atoms with Gasteiger partial charge in [-0.25, -0.2) is 0 Å². The Bertz CT molecular complexity index is 550. The molecule has 0 spiro atoms. The number of carbonyl (C=O) groups is 1. The van der Waals surface area contributed by atoms with Crippen molar-refractivity contribution in [1.82, 2.24) is 5.32 Å². The second-order valence-electron chi connectivity index (χ2n) is 5.17. The zero-order valence-corrected chi connectivity index (χ0v) is 20.3. The second-order valence-corrected chi connectivity index (χ2v) is 5.17. The van der Waals surface area contributed by atoms with Gasteiger partial charge in [-0.05, 0) is 45.4 Å². The van der Waals surface area contributed by atoms with Gasteiger partial charge in [-0.2, -0.15) is 5.26 Å². The summed E-state index contributed by atoms with van der Waals surface area (Å²) in [6.45, 7) is 23.0. The Kier molecular flexibility index (Phi) is 30.3. The van der Waals surface area contributed by atoms with E-state index in [9.17, 15) is 9.90 Å². The van der Waals surface area contributed by atoms with Crippen LogP contribution in [0.3, 0.4) is 0 Å². The molecule has 0 saturated heterocycles. The van der Waals surface area contributed by atoms with E-state index >= 15 is 0 Å². The highest BCUT2D eigenvalue weighted by Crippen LogP contribution is 2.20. The Labute approximate surface area is 179 Å². The number of hydrogen-bond acceptors (Lipinski definition) is 4. The monoisotopic (exact) mass is 408 g/mol. The molecule has 0 saturated carbocycles. The number of nitrogens with zero attached hydrogens (tertiary/aromatic N) is 1. The van der Waals surface area contributed by atoms with E-state index in [0.717, 1.165) is 0 Å². The van der Waals surface area contributed by atoms with Crippen LogP contribution in [0.5, 0.6) is 5.75 Å². The summed E-state index contributed by atoms with van der Waals surface area (Å²) in [4.78, 5) is 11.9. The van der Waals surface area contributed by atoms with Crippen molar-refractivity contribution in [1.29, 1.82) is 5.26 Å². The number of nitrogens with one attached hydrogen (secondary N) is 1. The summed E-state index contributed by atoms with van der Waals surface area (Å²) < 4.78 is 5.49. The van der Waals surface area contributed by atoms with Crippen molar-refractivity contribution in [3.8, 4) is 11.8 Å². The highest BCUT2D eigenvalue weighted by Gasteiger charge is 2.12. The molecular weight excluding hydrogens is 364 g/mol. The molecule has 0 radical (unpaired) electrons. The molecule has 5 heteroatoms. The zero-order valence-electron chi connectivity index (χ0n) is 20.3. The minimum atomic E-state index is -0.557. The smallest absolute Gasteiger partial charge is 0.251 e. The third-order valence-corrected chi connectivity index (χ3v) is 2.69. The first-order chi connectivity index (χ1) is 13.9. The highest BCUT2D eigenvalue weighted by atomic mass is 16.5. The van der Waals surface area contributed by atoms with E-state index in [2.05, 4.69) is 11.9 Å². The van der Waals surface area contributed by atoms with Crippen molar-refractivity contribution in [3.63, 3.8) is 0 Å². The maximum atomic E-state index is 11.9. The van der Waals surface area contributed by atoms with Gasteiger partial charge in [0.05, 0.1) is 17.8 Å². The lowest BCUT2D eigenvalue weighted by Crippen LogP contribution is -2.31. The Balaban J connectivity index is -0.000000301. The van der Waals surface area contributed by atoms with Crippen LogP contribution in [0.4, 0.5) is 0 Å². The normalized spacial score (nSPS) is 9.21. The minimum absolute atomic E-state index is 0.0403. The summed E-state index contributed by atoms with van der Waals surface area (Å²) in [6.07, 6.45) is 1.73. The zero-order chi connectivity index (χ0) is 23.8. The molecule has 5 nitrogen and oxygen atoms in total. The Hall–Kier alpha value is -2.32. The standard InChI is InChI=1S/C15H20N2O3.C3H6.3C2H6/c1-4-13(18)9-17-15(19)11-5-6-14(20-10(2)3)12(7-11)8-16;1-3-2;3*1-2/h5-7,10,13,18H,4,9H2,1-3H3,(H,17,19);3H,1H2,2H3;3*1-2H3. The molecule has 29 heavy (non-hydrogen) atoms. The number of ether oxygens (including phenoxy) is 1. The van der Waals surface area contributed by atoms with Crippen LogP contribution in [0.15, 0.2) is 30.9 Å². The number of aliphatic hydroxyl groups excluding tert-OH is 1. The molecule has 1 aromatic carbocycles. The van der Waals surface area contributed by atoms with Crippen LogP contribution < -0.4 is 10.1 Å². The fraction of sp³-hybridized carbons (Fsp3) is 0.583. The van der Waals surface area contributed by atoms with E-state index in [4.69, 9.17) is 10.00 Å². The van der Waals surface area contributed by atoms with Crippen LogP contribution in [-0.2, 0) is 0 Å². The topological polar surface area (TPSA) is 82.3 Å². The van der Waals surface area contributed by atoms with Crippen LogP contribution in [0.2, 0.25) is 0 Å². The van der Waals surface area contributed by atoms with Gasteiger partial charge < -0.3 is 15.2 Å². The van der Waals surface area contributed by atoms with Gasteiger partial charge in [0.15, 0.2) is 0 Å².